The number of benzene rings is 1. The van der Waals surface area contributed by atoms with Gasteiger partial charge in [0.05, 0.1) is 0 Å². The zero-order valence-corrected chi connectivity index (χ0v) is 8.09. The number of nitrogens with one attached hydrogen (secondary N) is 2. The van der Waals surface area contributed by atoms with Gasteiger partial charge < -0.3 is 0 Å². The van der Waals surface area contributed by atoms with Gasteiger partial charge in [-0.2, -0.15) is 8.78 Å². The minimum absolute atomic E-state index is 0.268. The largest absolute Gasteiger partial charge is 0.361 e. The third-order valence-corrected chi connectivity index (χ3v) is 1.67. The van der Waals surface area contributed by atoms with Crippen LogP contribution >= 0.6 is 11.6 Å². The molecular weight excluding hydrogens is 230 g/mol. The summed E-state index contributed by atoms with van der Waals surface area (Å²) in [5, 5.41) is 0.475. The molecule has 2 N–H and O–H groups in total. The average molecular weight is 237 g/mol. The van der Waals surface area contributed by atoms with Gasteiger partial charge in [-0.15, -0.1) is 5.59 Å². The predicted octanol–water partition coefficient (Wildman–Crippen LogP) is 1.73. The summed E-state index contributed by atoms with van der Waals surface area (Å²) in [7, 11) is 0. The zero-order valence-electron chi connectivity index (χ0n) is 7.34. The van der Waals surface area contributed by atoms with Gasteiger partial charge in [0.1, 0.15) is 0 Å². The first-order valence-corrected chi connectivity index (χ1v) is 4.22. The highest BCUT2D eigenvalue weighted by molar-refractivity contribution is 6.30. The first kappa shape index (κ1) is 11.8. The Labute approximate surface area is 89.1 Å². The highest BCUT2D eigenvalue weighted by Gasteiger charge is 2.06. The van der Waals surface area contributed by atoms with Crippen LogP contribution in [-0.2, 0) is 4.84 Å². The van der Waals surface area contributed by atoms with Crippen LogP contribution in [0, 0.1) is 0 Å². The van der Waals surface area contributed by atoms with Crippen LogP contribution in [0.3, 0.4) is 0 Å². The van der Waals surface area contributed by atoms with E-state index in [2.05, 4.69) is 4.84 Å². The molecular formula is C8H7ClF2N2O2. The van der Waals surface area contributed by atoms with Crippen molar-refractivity contribution < 1.29 is 18.4 Å². The lowest BCUT2D eigenvalue weighted by Crippen LogP contribution is -2.38. The minimum Gasteiger partial charge on any atom is -0.268 e. The van der Waals surface area contributed by atoms with Crippen LogP contribution < -0.4 is 11.0 Å². The van der Waals surface area contributed by atoms with Crippen molar-refractivity contribution in [2.24, 2.45) is 0 Å². The van der Waals surface area contributed by atoms with Gasteiger partial charge in [0.15, 0.2) is 0 Å². The molecule has 0 atom stereocenters. The molecule has 0 fully saturated rings. The molecule has 0 bridgehead atoms. The molecule has 82 valence electrons. The summed E-state index contributed by atoms with van der Waals surface area (Å²) >= 11 is 5.59. The van der Waals surface area contributed by atoms with Crippen molar-refractivity contribution in [1.82, 2.24) is 11.0 Å². The normalized spacial score (nSPS) is 10.4. The smallest absolute Gasteiger partial charge is 0.268 e. The number of carbonyl (C=O) groups is 1. The van der Waals surface area contributed by atoms with Gasteiger partial charge in [0.2, 0.25) is 0 Å². The summed E-state index contributed by atoms with van der Waals surface area (Å²) in [6.07, 6.45) is 0. The van der Waals surface area contributed by atoms with Crippen molar-refractivity contribution in [3.63, 3.8) is 0 Å². The summed E-state index contributed by atoms with van der Waals surface area (Å²) < 4.78 is 23.0. The van der Waals surface area contributed by atoms with E-state index in [9.17, 15) is 13.6 Å². The van der Waals surface area contributed by atoms with E-state index in [1.807, 2.05) is 5.43 Å². The van der Waals surface area contributed by atoms with Crippen molar-refractivity contribution in [3.8, 4) is 0 Å². The molecule has 1 amide bonds. The molecule has 1 aromatic rings. The third-order valence-electron chi connectivity index (χ3n) is 1.42. The first-order chi connectivity index (χ1) is 7.09. The number of hydrazine groups is 1. The number of alkyl halides is 2. The van der Waals surface area contributed by atoms with Crippen molar-refractivity contribution in [2.75, 3.05) is 0 Å². The molecule has 0 saturated heterocycles. The molecule has 1 rings (SSSR count). The van der Waals surface area contributed by atoms with E-state index in [0.717, 1.165) is 0 Å². The lowest BCUT2D eigenvalue weighted by atomic mass is 10.2. The summed E-state index contributed by atoms with van der Waals surface area (Å²) in [5.74, 6) is -0.604. The van der Waals surface area contributed by atoms with Gasteiger partial charge in [0, 0.05) is 10.6 Å². The predicted molar refractivity (Wildman–Crippen MR) is 49.1 cm³/mol. The second-order valence-electron chi connectivity index (χ2n) is 2.44. The Hall–Kier alpha value is -1.24. The van der Waals surface area contributed by atoms with Crippen LogP contribution in [-0.4, -0.2) is 12.5 Å². The highest BCUT2D eigenvalue weighted by Crippen LogP contribution is 2.08. The Morgan fingerprint density at radius 1 is 1.33 bits per heavy atom. The maximum Gasteiger partial charge on any atom is 0.361 e. The fourth-order valence-electron chi connectivity index (χ4n) is 0.794. The fourth-order valence-corrected chi connectivity index (χ4v) is 0.920. The molecule has 0 aromatic heterocycles. The van der Waals surface area contributed by atoms with Crippen LogP contribution in [0.15, 0.2) is 24.3 Å². The fraction of sp³-hybridized carbons (Fsp3) is 0.125. The molecule has 0 aliphatic rings. The average Bonchev–Trinajstić information content (AvgIpc) is 2.18. The van der Waals surface area contributed by atoms with Gasteiger partial charge in [0.25, 0.3) is 5.91 Å². The monoisotopic (exact) mass is 236 g/mol. The summed E-state index contributed by atoms with van der Waals surface area (Å²) in [6, 6.07) is 5.90. The Kier molecular flexibility index (Phi) is 4.41. The summed E-state index contributed by atoms with van der Waals surface area (Å²) in [5.41, 5.74) is 3.80. The van der Waals surface area contributed by atoms with Gasteiger partial charge in [-0.05, 0) is 24.3 Å². The second kappa shape index (κ2) is 5.59. The molecule has 1 aromatic carbocycles. The molecule has 0 heterocycles. The van der Waals surface area contributed by atoms with Crippen molar-refractivity contribution in [3.05, 3.63) is 34.9 Å². The summed E-state index contributed by atoms with van der Waals surface area (Å²) in [4.78, 5) is 14.8. The number of rotatable bonds is 4. The number of halogens is 3. The summed E-state index contributed by atoms with van der Waals surface area (Å²) in [6.45, 7) is -3.00. The topological polar surface area (TPSA) is 50.4 Å². The Morgan fingerprint density at radius 3 is 2.47 bits per heavy atom. The SMILES string of the molecule is O=C(NNOC(F)F)c1ccc(Cl)cc1. The molecule has 7 heteroatoms. The molecule has 0 unspecified atom stereocenters. The van der Waals surface area contributed by atoms with E-state index >= 15 is 0 Å². The van der Waals surface area contributed by atoms with Crippen LogP contribution in [0.5, 0.6) is 0 Å². The number of hydrogen-bond acceptors (Lipinski definition) is 3. The Bertz CT molecular complexity index is 332. The van der Waals surface area contributed by atoms with E-state index < -0.39 is 12.5 Å². The van der Waals surface area contributed by atoms with Crippen molar-refractivity contribution >= 4 is 17.5 Å². The van der Waals surface area contributed by atoms with Crippen LogP contribution in [0.2, 0.25) is 5.02 Å². The molecule has 0 spiro atoms. The van der Waals surface area contributed by atoms with Crippen molar-refractivity contribution in [2.45, 2.75) is 6.61 Å². The zero-order chi connectivity index (χ0) is 11.3. The van der Waals surface area contributed by atoms with Gasteiger partial charge >= 0.3 is 6.61 Å². The van der Waals surface area contributed by atoms with E-state index in [1.54, 1.807) is 5.59 Å². The van der Waals surface area contributed by atoms with E-state index in [0.29, 0.717) is 5.02 Å². The molecule has 0 saturated carbocycles. The molecule has 0 aliphatic heterocycles. The Morgan fingerprint density at radius 2 is 1.93 bits per heavy atom. The number of amides is 1. The van der Waals surface area contributed by atoms with Crippen LogP contribution in [0.1, 0.15) is 10.4 Å². The highest BCUT2D eigenvalue weighted by atomic mass is 35.5. The van der Waals surface area contributed by atoms with Crippen LogP contribution in [0.25, 0.3) is 0 Å². The quantitative estimate of drug-likeness (QED) is 0.783. The van der Waals surface area contributed by atoms with Crippen molar-refractivity contribution in [1.29, 1.82) is 0 Å². The van der Waals surface area contributed by atoms with Gasteiger partial charge in [-0.3, -0.25) is 10.2 Å². The Balaban J connectivity index is 2.43. The number of carbonyl (C=O) groups excluding carboxylic acids is 1. The van der Waals surface area contributed by atoms with E-state index in [1.165, 1.54) is 24.3 Å². The molecule has 15 heavy (non-hydrogen) atoms. The van der Waals surface area contributed by atoms with E-state index in [-0.39, 0.29) is 5.56 Å². The van der Waals surface area contributed by atoms with E-state index in [4.69, 9.17) is 11.6 Å². The lowest BCUT2D eigenvalue weighted by molar-refractivity contribution is -0.181. The second-order valence-corrected chi connectivity index (χ2v) is 2.88. The standard InChI is InChI=1S/C8H7ClF2N2O2/c9-6-3-1-5(2-4-6)7(14)12-13-15-8(10)11/h1-4,8,13H,(H,12,14). The minimum atomic E-state index is -3.00. The maximum atomic E-state index is 11.5. The maximum absolute atomic E-state index is 11.5. The third kappa shape index (κ3) is 4.20. The molecule has 4 nitrogen and oxygen atoms in total. The van der Waals surface area contributed by atoms with Crippen LogP contribution in [0.4, 0.5) is 8.78 Å². The van der Waals surface area contributed by atoms with Gasteiger partial charge in [-0.25, -0.2) is 4.84 Å². The molecule has 0 aliphatic carbocycles. The van der Waals surface area contributed by atoms with Gasteiger partial charge in [-0.1, -0.05) is 11.6 Å². The molecule has 0 radical (unpaired) electrons. The first-order valence-electron chi connectivity index (χ1n) is 3.84. The number of hydrogen-bond donors (Lipinski definition) is 2. The lowest BCUT2D eigenvalue weighted by Gasteiger charge is -2.06.